The first kappa shape index (κ1) is 23.8. The predicted molar refractivity (Wildman–Crippen MR) is 102 cm³/mol. The minimum absolute atomic E-state index is 0.128. The van der Waals surface area contributed by atoms with Gasteiger partial charge in [0.25, 0.3) is 0 Å². The zero-order valence-corrected chi connectivity index (χ0v) is 17.3. The number of rotatable bonds is 4. The van der Waals surface area contributed by atoms with Gasteiger partial charge < -0.3 is 20.1 Å². The summed E-state index contributed by atoms with van der Waals surface area (Å²) in [4.78, 5) is 23.8. The third-order valence-corrected chi connectivity index (χ3v) is 4.63. The molecule has 0 spiro atoms. The highest BCUT2D eigenvalue weighted by Crippen LogP contribution is 2.35. The number of hydrogen-bond acceptors (Lipinski definition) is 5. The van der Waals surface area contributed by atoms with Crippen LogP contribution in [0.1, 0.15) is 62.4 Å². The monoisotopic (exact) mass is 434 g/mol. The van der Waals surface area contributed by atoms with Crippen molar-refractivity contribution >= 4 is 17.7 Å². The van der Waals surface area contributed by atoms with Crippen LogP contribution in [-0.2, 0) is 15.7 Å². The molecule has 0 bridgehead atoms. The molecular formula is C20H26F4N2O4. The highest BCUT2D eigenvalue weighted by atomic mass is 19.4. The van der Waals surface area contributed by atoms with Crippen molar-refractivity contribution in [3.8, 4) is 0 Å². The minimum atomic E-state index is -4.90. The number of carbonyl (C=O) groups is 2. The summed E-state index contributed by atoms with van der Waals surface area (Å²) in [6.45, 7) is 5.26. The Morgan fingerprint density at radius 2 is 1.60 bits per heavy atom. The predicted octanol–water partition coefficient (Wildman–Crippen LogP) is 4.88. The number of halogens is 4. The maximum Gasteiger partial charge on any atom is 0.419 e. The van der Waals surface area contributed by atoms with Crippen molar-refractivity contribution in [2.24, 2.45) is 0 Å². The molecule has 0 unspecified atom stereocenters. The lowest BCUT2D eigenvalue weighted by atomic mass is 9.90. The normalized spacial score (nSPS) is 19.7. The van der Waals surface area contributed by atoms with Gasteiger partial charge in [-0.05, 0) is 58.6 Å². The third kappa shape index (κ3) is 6.50. The molecule has 0 saturated heterocycles. The van der Waals surface area contributed by atoms with Crippen LogP contribution in [0.4, 0.5) is 28.0 Å². The zero-order valence-electron chi connectivity index (χ0n) is 17.3. The maximum absolute atomic E-state index is 13.9. The van der Waals surface area contributed by atoms with Crippen molar-refractivity contribution in [2.45, 2.75) is 70.3 Å². The Hall–Kier alpha value is -2.52. The molecule has 0 aromatic heterocycles. The van der Waals surface area contributed by atoms with Crippen LogP contribution in [0.2, 0.25) is 0 Å². The summed E-state index contributed by atoms with van der Waals surface area (Å²) in [5.74, 6) is -2.48. The molecule has 0 atom stereocenters. The molecule has 1 saturated carbocycles. The number of methoxy groups -OCH3 is 1. The van der Waals surface area contributed by atoms with Gasteiger partial charge in [0.2, 0.25) is 0 Å². The van der Waals surface area contributed by atoms with Gasteiger partial charge in [-0.15, -0.1) is 0 Å². The van der Waals surface area contributed by atoms with E-state index in [4.69, 9.17) is 4.74 Å². The van der Waals surface area contributed by atoms with Crippen LogP contribution in [0.5, 0.6) is 0 Å². The van der Waals surface area contributed by atoms with E-state index in [1.807, 2.05) is 0 Å². The lowest BCUT2D eigenvalue weighted by Gasteiger charge is -2.31. The van der Waals surface area contributed by atoms with Gasteiger partial charge in [-0.1, -0.05) is 0 Å². The van der Waals surface area contributed by atoms with E-state index in [1.165, 1.54) is 0 Å². The summed E-state index contributed by atoms with van der Waals surface area (Å²) >= 11 is 0. The van der Waals surface area contributed by atoms with Gasteiger partial charge in [-0.25, -0.2) is 14.0 Å². The van der Waals surface area contributed by atoms with Crippen molar-refractivity contribution in [3.63, 3.8) is 0 Å². The van der Waals surface area contributed by atoms with Crippen molar-refractivity contribution in [3.05, 3.63) is 29.1 Å². The van der Waals surface area contributed by atoms with Gasteiger partial charge in [0, 0.05) is 17.8 Å². The van der Waals surface area contributed by atoms with Gasteiger partial charge in [-0.3, -0.25) is 0 Å². The van der Waals surface area contributed by atoms with E-state index in [2.05, 4.69) is 15.4 Å². The Morgan fingerprint density at radius 1 is 1.03 bits per heavy atom. The molecule has 1 aliphatic carbocycles. The largest absolute Gasteiger partial charge is 0.465 e. The lowest BCUT2D eigenvalue weighted by molar-refractivity contribution is -0.139. The number of ether oxygens (including phenoxy) is 2. The molecule has 1 aromatic rings. The SMILES string of the molecule is COC(=O)c1cc(F)c(C(F)(F)F)cc1NC1CCC(NC(=O)OC(C)(C)C)CC1. The first-order valence-corrected chi connectivity index (χ1v) is 9.55. The first-order valence-electron chi connectivity index (χ1n) is 9.55. The van der Waals surface area contributed by atoms with Gasteiger partial charge in [0.05, 0.1) is 18.2 Å². The lowest BCUT2D eigenvalue weighted by Crippen LogP contribution is -2.42. The van der Waals surface area contributed by atoms with E-state index in [0.717, 1.165) is 7.11 Å². The van der Waals surface area contributed by atoms with Crippen LogP contribution in [0.3, 0.4) is 0 Å². The fraction of sp³-hybridized carbons (Fsp3) is 0.600. The van der Waals surface area contributed by atoms with E-state index in [9.17, 15) is 27.2 Å². The Bertz CT molecular complexity index is 782. The summed E-state index contributed by atoms with van der Waals surface area (Å²) in [7, 11) is 1.06. The highest BCUT2D eigenvalue weighted by molar-refractivity contribution is 5.96. The molecule has 1 amide bonds. The fourth-order valence-corrected chi connectivity index (χ4v) is 3.26. The van der Waals surface area contributed by atoms with Crippen molar-refractivity contribution in [1.29, 1.82) is 0 Å². The summed E-state index contributed by atoms with van der Waals surface area (Å²) in [5.41, 5.74) is -2.53. The number of amides is 1. The van der Waals surface area contributed by atoms with Crippen LogP contribution in [0, 0.1) is 5.82 Å². The standard InChI is InChI=1S/C20H26F4N2O4/c1-19(2,3)30-18(28)26-12-7-5-11(6-8-12)25-16-10-14(20(22,23)24)15(21)9-13(16)17(27)29-4/h9-12,25H,5-8H2,1-4H3,(H,26,28). The van der Waals surface area contributed by atoms with Gasteiger partial charge in [0.15, 0.2) is 0 Å². The highest BCUT2D eigenvalue weighted by Gasteiger charge is 2.36. The number of alkyl halides is 3. The molecule has 2 rings (SSSR count). The third-order valence-electron chi connectivity index (χ3n) is 4.63. The van der Waals surface area contributed by atoms with Crippen LogP contribution >= 0.6 is 0 Å². The van der Waals surface area contributed by atoms with Crippen LogP contribution in [0.25, 0.3) is 0 Å². The van der Waals surface area contributed by atoms with Crippen molar-refractivity contribution in [1.82, 2.24) is 5.32 Å². The second-order valence-corrected chi connectivity index (χ2v) is 8.21. The van der Waals surface area contributed by atoms with Crippen LogP contribution < -0.4 is 10.6 Å². The Morgan fingerprint density at radius 3 is 2.10 bits per heavy atom. The number of hydrogen-bond donors (Lipinski definition) is 2. The summed E-state index contributed by atoms with van der Waals surface area (Å²) < 4.78 is 62.9. The zero-order chi connectivity index (χ0) is 22.7. The molecular weight excluding hydrogens is 408 g/mol. The number of carbonyl (C=O) groups excluding carboxylic acids is 2. The number of anilines is 1. The maximum atomic E-state index is 13.9. The topological polar surface area (TPSA) is 76.7 Å². The number of benzene rings is 1. The number of alkyl carbamates (subject to hydrolysis) is 1. The Balaban J connectivity index is 2.08. The van der Waals surface area contributed by atoms with E-state index in [0.29, 0.717) is 37.8 Å². The second kappa shape index (κ2) is 9.09. The quantitative estimate of drug-likeness (QED) is 0.522. The van der Waals surface area contributed by atoms with Gasteiger partial charge in [-0.2, -0.15) is 13.2 Å². The fourth-order valence-electron chi connectivity index (χ4n) is 3.26. The summed E-state index contributed by atoms with van der Waals surface area (Å²) in [6, 6.07) is 0.743. The average molecular weight is 434 g/mol. The molecule has 0 heterocycles. The summed E-state index contributed by atoms with van der Waals surface area (Å²) in [5, 5.41) is 5.68. The van der Waals surface area contributed by atoms with Crippen LogP contribution in [-0.4, -0.2) is 36.9 Å². The van der Waals surface area contributed by atoms with Gasteiger partial charge >= 0.3 is 18.2 Å². The number of nitrogens with one attached hydrogen (secondary N) is 2. The summed E-state index contributed by atoms with van der Waals surface area (Å²) in [6.07, 6.45) is -3.24. The van der Waals surface area contributed by atoms with E-state index in [1.54, 1.807) is 20.8 Å². The Kier molecular flexibility index (Phi) is 7.20. The van der Waals surface area contributed by atoms with Crippen molar-refractivity contribution in [2.75, 3.05) is 12.4 Å². The molecule has 1 aromatic carbocycles. The first-order chi connectivity index (χ1) is 13.8. The smallest absolute Gasteiger partial charge is 0.419 e. The minimum Gasteiger partial charge on any atom is -0.465 e. The molecule has 0 radical (unpaired) electrons. The molecule has 6 nitrogen and oxygen atoms in total. The van der Waals surface area contributed by atoms with E-state index in [-0.39, 0.29) is 23.3 Å². The molecule has 30 heavy (non-hydrogen) atoms. The molecule has 2 N–H and O–H groups in total. The number of esters is 1. The molecule has 1 aliphatic rings. The van der Waals surface area contributed by atoms with Gasteiger partial charge in [0.1, 0.15) is 11.4 Å². The Labute approximate surface area is 172 Å². The van der Waals surface area contributed by atoms with E-state index < -0.39 is 35.2 Å². The average Bonchev–Trinajstić information content (AvgIpc) is 2.61. The molecule has 0 aliphatic heterocycles. The molecule has 168 valence electrons. The van der Waals surface area contributed by atoms with E-state index >= 15 is 0 Å². The van der Waals surface area contributed by atoms with Crippen molar-refractivity contribution < 1.29 is 36.6 Å². The second-order valence-electron chi connectivity index (χ2n) is 8.21. The molecule has 1 fully saturated rings. The van der Waals surface area contributed by atoms with Crippen LogP contribution in [0.15, 0.2) is 12.1 Å². The molecule has 10 heteroatoms.